The molecule has 3 aliphatic rings. The molecule has 8 nitrogen and oxygen atoms in total. The zero-order valence-corrected chi connectivity index (χ0v) is 24.6. The van der Waals surface area contributed by atoms with Crippen LogP contribution in [0.15, 0.2) is 48.5 Å². The summed E-state index contributed by atoms with van der Waals surface area (Å²) < 4.78 is 6.83. The fraction of sp³-hybridized carbons (Fsp3) is 0.545. The van der Waals surface area contributed by atoms with E-state index in [1.807, 2.05) is 69.3 Å². The molecular formula is C33H43N3O5. The first-order valence-electron chi connectivity index (χ1n) is 14.9. The van der Waals surface area contributed by atoms with Crippen LogP contribution < -0.4 is 10.6 Å². The molecule has 1 spiro atoms. The number of aliphatic hydroxyl groups is 1. The summed E-state index contributed by atoms with van der Waals surface area (Å²) in [5, 5.41) is 15.4. The van der Waals surface area contributed by atoms with Gasteiger partial charge in [0, 0.05) is 25.4 Å². The number of aliphatic hydroxyl groups excluding tert-OH is 1. The second kappa shape index (κ2) is 11.6. The Kier molecular flexibility index (Phi) is 8.26. The number of hydrogen-bond acceptors (Lipinski definition) is 5. The van der Waals surface area contributed by atoms with Gasteiger partial charge in [-0.1, -0.05) is 68.3 Å². The highest BCUT2D eigenvalue weighted by atomic mass is 16.5. The summed E-state index contributed by atoms with van der Waals surface area (Å²) in [6.07, 6.45) is 3.64. The third-order valence-corrected chi connectivity index (χ3v) is 9.69. The van der Waals surface area contributed by atoms with Gasteiger partial charge >= 0.3 is 0 Å². The van der Waals surface area contributed by atoms with E-state index in [1.165, 1.54) is 0 Å². The smallest absolute Gasteiger partial charge is 0.250 e. The Hall–Kier alpha value is -3.23. The lowest BCUT2D eigenvalue weighted by Gasteiger charge is -2.36. The molecule has 3 amide bonds. The molecule has 8 heteroatoms. The van der Waals surface area contributed by atoms with Gasteiger partial charge in [0.15, 0.2) is 0 Å². The molecule has 41 heavy (non-hydrogen) atoms. The van der Waals surface area contributed by atoms with Gasteiger partial charge in [-0.25, -0.2) is 0 Å². The highest BCUT2D eigenvalue weighted by molar-refractivity contribution is 6.04. The van der Waals surface area contributed by atoms with E-state index in [9.17, 15) is 19.5 Å². The van der Waals surface area contributed by atoms with Crippen molar-refractivity contribution in [2.24, 2.45) is 17.8 Å². The number of unbranched alkanes of at least 4 members (excludes halogenated alkanes) is 3. The summed E-state index contributed by atoms with van der Waals surface area (Å²) in [7, 11) is 0. The molecule has 5 rings (SSSR count). The average molecular weight is 562 g/mol. The van der Waals surface area contributed by atoms with Gasteiger partial charge in [0.2, 0.25) is 17.7 Å². The van der Waals surface area contributed by atoms with E-state index < -0.39 is 29.1 Å². The molecule has 0 aliphatic carbocycles. The summed E-state index contributed by atoms with van der Waals surface area (Å²) in [5.74, 6) is -2.09. The number of amides is 3. The predicted octanol–water partition coefficient (Wildman–Crippen LogP) is 4.12. The lowest BCUT2D eigenvalue weighted by atomic mass is 9.62. The van der Waals surface area contributed by atoms with Gasteiger partial charge < -0.3 is 25.4 Å². The molecule has 3 saturated heterocycles. The third kappa shape index (κ3) is 5.06. The maximum atomic E-state index is 14.3. The maximum absolute atomic E-state index is 14.3. The summed E-state index contributed by atoms with van der Waals surface area (Å²) >= 11 is 0. The number of ether oxygens (including phenoxy) is 1. The number of hydrogen-bond donors (Lipinski definition) is 3. The molecule has 2 aromatic rings. The van der Waals surface area contributed by atoms with Gasteiger partial charge in [-0.15, -0.1) is 0 Å². The van der Waals surface area contributed by atoms with E-state index in [4.69, 9.17) is 4.74 Å². The molecule has 6 atom stereocenters. The zero-order valence-electron chi connectivity index (χ0n) is 24.6. The number of anilines is 1. The van der Waals surface area contributed by atoms with E-state index in [0.717, 1.165) is 35.2 Å². The molecule has 0 saturated carbocycles. The van der Waals surface area contributed by atoms with Gasteiger partial charge in [-0.05, 0) is 62.6 Å². The minimum absolute atomic E-state index is 0.0148. The number of nitrogens with one attached hydrogen (secondary N) is 2. The molecule has 0 aromatic heterocycles. The number of aryl methyl sites for hydroxylation is 2. The molecule has 3 N–H and O–H groups in total. The van der Waals surface area contributed by atoms with E-state index in [0.29, 0.717) is 32.4 Å². The Morgan fingerprint density at radius 3 is 2.37 bits per heavy atom. The van der Waals surface area contributed by atoms with Crippen LogP contribution in [0.5, 0.6) is 0 Å². The van der Waals surface area contributed by atoms with Crippen LogP contribution in [0.3, 0.4) is 0 Å². The van der Waals surface area contributed by atoms with Crippen molar-refractivity contribution in [1.82, 2.24) is 10.2 Å². The van der Waals surface area contributed by atoms with Crippen molar-refractivity contribution in [3.63, 3.8) is 0 Å². The molecule has 0 radical (unpaired) electrons. The molecular weight excluding hydrogens is 518 g/mol. The second-order valence-corrected chi connectivity index (χ2v) is 12.3. The Morgan fingerprint density at radius 2 is 1.68 bits per heavy atom. The van der Waals surface area contributed by atoms with Crippen molar-refractivity contribution < 1.29 is 24.2 Å². The van der Waals surface area contributed by atoms with Crippen molar-refractivity contribution in [2.45, 2.75) is 83.6 Å². The number of rotatable bonds is 11. The Balaban J connectivity index is 1.47. The largest absolute Gasteiger partial charge is 0.396 e. The van der Waals surface area contributed by atoms with Gasteiger partial charge in [0.25, 0.3) is 0 Å². The Morgan fingerprint density at radius 1 is 1.00 bits per heavy atom. The number of fused-ring (bicyclic) bond motifs is 1. The van der Waals surface area contributed by atoms with Gasteiger partial charge in [-0.2, -0.15) is 0 Å². The molecule has 2 bridgehead atoms. The summed E-state index contributed by atoms with van der Waals surface area (Å²) in [4.78, 5) is 44.0. The minimum atomic E-state index is -1.08. The SMILES string of the molecule is Cc1cccc(C)c1NC(=O)C1N(CCCCCCO)C(=O)[C@@H]2[C@H](C(=O)NCc3ccccc3)[C@@]3(C)OC12CC3C. The Bertz CT molecular complexity index is 1280. The van der Waals surface area contributed by atoms with Crippen LogP contribution in [-0.4, -0.2) is 58.1 Å². The van der Waals surface area contributed by atoms with Crippen LogP contribution in [0.1, 0.15) is 62.6 Å². The lowest BCUT2D eigenvalue weighted by molar-refractivity contribution is -0.146. The molecule has 3 fully saturated rings. The van der Waals surface area contributed by atoms with Crippen LogP contribution in [0.25, 0.3) is 0 Å². The maximum Gasteiger partial charge on any atom is 0.250 e. The number of nitrogens with zero attached hydrogens (tertiary/aromatic N) is 1. The van der Waals surface area contributed by atoms with Crippen LogP contribution in [-0.2, 0) is 25.7 Å². The van der Waals surface area contributed by atoms with Crippen molar-refractivity contribution >= 4 is 23.4 Å². The van der Waals surface area contributed by atoms with Gasteiger partial charge in [0.05, 0.1) is 17.4 Å². The van der Waals surface area contributed by atoms with Gasteiger partial charge in [0.1, 0.15) is 11.6 Å². The number of carbonyl (C=O) groups excluding carboxylic acids is 3. The van der Waals surface area contributed by atoms with Crippen molar-refractivity contribution in [1.29, 1.82) is 0 Å². The molecule has 3 aliphatic heterocycles. The minimum Gasteiger partial charge on any atom is -0.396 e. The summed E-state index contributed by atoms with van der Waals surface area (Å²) in [6, 6.07) is 14.7. The number of likely N-dealkylation sites (tertiary alicyclic amines) is 1. The van der Waals surface area contributed by atoms with Crippen molar-refractivity contribution in [3.05, 3.63) is 65.2 Å². The van der Waals surface area contributed by atoms with Crippen LogP contribution >= 0.6 is 0 Å². The van der Waals surface area contributed by atoms with Gasteiger partial charge in [-0.3, -0.25) is 14.4 Å². The Labute approximate surface area is 242 Å². The highest BCUT2D eigenvalue weighted by Crippen LogP contribution is 2.65. The number of para-hydroxylation sites is 1. The van der Waals surface area contributed by atoms with Crippen LogP contribution in [0.4, 0.5) is 5.69 Å². The van der Waals surface area contributed by atoms with Crippen LogP contribution in [0.2, 0.25) is 0 Å². The number of benzene rings is 2. The van der Waals surface area contributed by atoms with E-state index in [-0.39, 0.29) is 30.2 Å². The second-order valence-electron chi connectivity index (χ2n) is 12.3. The van der Waals surface area contributed by atoms with E-state index >= 15 is 0 Å². The van der Waals surface area contributed by atoms with E-state index in [2.05, 4.69) is 17.6 Å². The predicted molar refractivity (Wildman–Crippen MR) is 157 cm³/mol. The lowest BCUT2D eigenvalue weighted by Crippen LogP contribution is -2.54. The molecule has 3 heterocycles. The van der Waals surface area contributed by atoms with Crippen molar-refractivity contribution in [2.75, 3.05) is 18.5 Å². The first-order chi connectivity index (χ1) is 19.6. The first kappa shape index (κ1) is 29.3. The number of carbonyl (C=O) groups is 3. The zero-order chi connectivity index (χ0) is 29.4. The fourth-order valence-corrected chi connectivity index (χ4v) is 7.53. The normalized spacial score (nSPS) is 30.0. The highest BCUT2D eigenvalue weighted by Gasteiger charge is 2.79. The standard InChI is InChI=1S/C33H43N3O5/c1-21-13-12-14-22(2)27(21)35-30(39)28-33-19-23(3)32(4,41-33)25(29(38)34-20-24-15-8-7-9-16-24)26(33)31(40)36(28)17-10-5-6-11-18-37/h7-9,12-16,23,25-26,28,37H,5-6,10-11,17-20H2,1-4H3,(H,34,38)(H,35,39)/t23?,25-,26+,28?,32+,33?/m1/s1. The monoisotopic (exact) mass is 561 g/mol. The molecule has 3 unspecified atom stereocenters. The topological polar surface area (TPSA) is 108 Å². The van der Waals surface area contributed by atoms with Crippen molar-refractivity contribution in [3.8, 4) is 0 Å². The molecule has 2 aromatic carbocycles. The van der Waals surface area contributed by atoms with Crippen LogP contribution in [0, 0.1) is 31.6 Å². The fourth-order valence-electron chi connectivity index (χ4n) is 7.53. The molecule has 220 valence electrons. The quantitative estimate of drug-likeness (QED) is 0.358. The summed E-state index contributed by atoms with van der Waals surface area (Å²) in [5.41, 5.74) is 1.68. The average Bonchev–Trinajstić information content (AvgIpc) is 3.46. The third-order valence-electron chi connectivity index (χ3n) is 9.69. The van der Waals surface area contributed by atoms with E-state index in [1.54, 1.807) is 4.90 Å². The first-order valence-corrected chi connectivity index (χ1v) is 14.9. The summed E-state index contributed by atoms with van der Waals surface area (Å²) in [6.45, 7) is 8.81.